The Balaban J connectivity index is 1.90. The molecular formula is C29H39N3O10S2. The van der Waals surface area contributed by atoms with Crippen LogP contribution in [-0.4, -0.2) is 94.7 Å². The van der Waals surface area contributed by atoms with E-state index in [-0.39, 0.29) is 23.5 Å². The molecule has 2 amide bonds. The lowest BCUT2D eigenvalue weighted by Gasteiger charge is -2.27. The summed E-state index contributed by atoms with van der Waals surface area (Å²) in [6.45, 7) is 6.39. The third-order valence-electron chi connectivity index (χ3n) is 6.40. The minimum atomic E-state index is -4.27. The molecule has 1 fully saturated rings. The van der Waals surface area contributed by atoms with E-state index in [1.54, 1.807) is 52.0 Å². The van der Waals surface area contributed by atoms with Gasteiger partial charge in [0, 0.05) is 33.5 Å². The van der Waals surface area contributed by atoms with Crippen molar-refractivity contribution in [2.45, 2.75) is 69.2 Å². The molecule has 44 heavy (non-hydrogen) atoms. The molecule has 1 aliphatic rings. The Bertz CT molecular complexity index is 1570. The van der Waals surface area contributed by atoms with Gasteiger partial charge >= 0.3 is 12.1 Å². The van der Waals surface area contributed by atoms with Crippen molar-refractivity contribution in [1.82, 2.24) is 14.5 Å². The van der Waals surface area contributed by atoms with Crippen LogP contribution in [0.2, 0.25) is 0 Å². The molecule has 1 N–H and O–H groups in total. The SMILES string of the molecule is Cc1ccc(S(=O)(=O)N2CC(OS(C)(=O)=O)C[C@H]2C(=O)N[C@@H](Cc2ccc(OC(=O)N(C)C)cc2)C(=O)OC(C)(C)C)cc1. The van der Waals surface area contributed by atoms with Crippen molar-refractivity contribution in [3.05, 3.63) is 59.7 Å². The van der Waals surface area contributed by atoms with Crippen molar-refractivity contribution in [3.8, 4) is 5.75 Å². The Morgan fingerprint density at radius 2 is 1.59 bits per heavy atom. The van der Waals surface area contributed by atoms with Crippen molar-refractivity contribution < 1.29 is 44.9 Å². The van der Waals surface area contributed by atoms with Gasteiger partial charge in [-0.1, -0.05) is 29.8 Å². The second kappa shape index (κ2) is 13.6. The largest absolute Gasteiger partial charge is 0.458 e. The summed E-state index contributed by atoms with van der Waals surface area (Å²) in [4.78, 5) is 40.0. The van der Waals surface area contributed by atoms with Gasteiger partial charge in [-0.05, 0) is 57.5 Å². The molecule has 0 aromatic heterocycles. The lowest BCUT2D eigenvalue weighted by Crippen LogP contribution is -2.52. The Morgan fingerprint density at radius 1 is 1.00 bits per heavy atom. The first kappa shape index (κ1) is 35.0. The van der Waals surface area contributed by atoms with Crippen molar-refractivity contribution in [2.75, 3.05) is 26.9 Å². The lowest BCUT2D eigenvalue weighted by atomic mass is 10.0. The monoisotopic (exact) mass is 653 g/mol. The zero-order chi connectivity index (χ0) is 33.0. The lowest BCUT2D eigenvalue weighted by molar-refractivity contribution is -0.158. The van der Waals surface area contributed by atoms with Crippen molar-refractivity contribution in [2.24, 2.45) is 0 Å². The first-order chi connectivity index (χ1) is 20.2. The number of benzene rings is 2. The second-order valence-electron chi connectivity index (χ2n) is 11.8. The van der Waals surface area contributed by atoms with Crippen LogP contribution in [0.4, 0.5) is 4.79 Å². The molecule has 2 aromatic rings. The van der Waals surface area contributed by atoms with Crippen molar-refractivity contribution >= 4 is 38.1 Å². The van der Waals surface area contributed by atoms with Gasteiger partial charge in [-0.2, -0.15) is 12.7 Å². The number of amides is 2. The number of hydrogen-bond acceptors (Lipinski definition) is 10. The summed E-state index contributed by atoms with van der Waals surface area (Å²) in [5.74, 6) is -1.32. The van der Waals surface area contributed by atoms with E-state index in [1.807, 2.05) is 0 Å². The average Bonchev–Trinajstić information content (AvgIpc) is 3.31. The van der Waals surface area contributed by atoms with Gasteiger partial charge in [0.15, 0.2) is 0 Å². The van der Waals surface area contributed by atoms with Crippen LogP contribution in [0.1, 0.15) is 38.3 Å². The molecule has 0 aliphatic carbocycles. The molecule has 3 rings (SSSR count). The van der Waals surface area contributed by atoms with E-state index in [9.17, 15) is 31.2 Å². The number of carbonyl (C=O) groups excluding carboxylic acids is 3. The minimum absolute atomic E-state index is 0.0384. The Hall–Kier alpha value is -3.53. The molecule has 0 radical (unpaired) electrons. The molecule has 1 aliphatic heterocycles. The zero-order valence-electron chi connectivity index (χ0n) is 25.8. The van der Waals surface area contributed by atoms with Crippen LogP contribution in [0.15, 0.2) is 53.4 Å². The van der Waals surface area contributed by atoms with Crippen LogP contribution in [0.25, 0.3) is 0 Å². The smallest absolute Gasteiger partial charge is 0.414 e. The number of hydrogen-bond donors (Lipinski definition) is 1. The summed E-state index contributed by atoms with van der Waals surface area (Å²) >= 11 is 0. The van der Waals surface area contributed by atoms with Gasteiger partial charge in [-0.3, -0.25) is 8.98 Å². The van der Waals surface area contributed by atoms with Gasteiger partial charge in [-0.15, -0.1) is 0 Å². The molecule has 0 spiro atoms. The fourth-order valence-electron chi connectivity index (χ4n) is 4.39. The maximum absolute atomic E-state index is 13.7. The molecule has 1 heterocycles. The molecule has 1 unspecified atom stereocenters. The summed E-state index contributed by atoms with van der Waals surface area (Å²) in [5, 5.41) is 2.62. The van der Waals surface area contributed by atoms with E-state index in [4.69, 9.17) is 13.7 Å². The van der Waals surface area contributed by atoms with Gasteiger partial charge in [0.2, 0.25) is 15.9 Å². The Labute approximate surface area is 258 Å². The number of ether oxygens (including phenoxy) is 2. The first-order valence-corrected chi connectivity index (χ1v) is 17.0. The average molecular weight is 654 g/mol. The predicted molar refractivity (Wildman–Crippen MR) is 161 cm³/mol. The molecule has 15 heteroatoms. The number of nitrogens with zero attached hydrogens (tertiary/aromatic N) is 2. The van der Waals surface area contributed by atoms with Crippen LogP contribution < -0.4 is 10.1 Å². The zero-order valence-corrected chi connectivity index (χ0v) is 27.4. The van der Waals surface area contributed by atoms with E-state index >= 15 is 0 Å². The number of rotatable bonds is 10. The van der Waals surface area contributed by atoms with Gasteiger partial charge in [0.1, 0.15) is 23.4 Å². The van der Waals surface area contributed by atoms with Crippen LogP contribution in [0.3, 0.4) is 0 Å². The van der Waals surface area contributed by atoms with E-state index in [2.05, 4.69) is 5.32 Å². The fraction of sp³-hybridized carbons (Fsp3) is 0.483. The van der Waals surface area contributed by atoms with Gasteiger partial charge in [0.25, 0.3) is 10.1 Å². The number of aryl methyl sites for hydroxylation is 1. The van der Waals surface area contributed by atoms with Crippen LogP contribution in [0, 0.1) is 6.92 Å². The topological polar surface area (TPSA) is 166 Å². The number of sulfonamides is 1. The van der Waals surface area contributed by atoms with Crippen LogP contribution in [-0.2, 0) is 45.1 Å². The second-order valence-corrected chi connectivity index (χ2v) is 15.3. The van der Waals surface area contributed by atoms with Crippen LogP contribution in [0.5, 0.6) is 5.75 Å². The molecular weight excluding hydrogens is 614 g/mol. The molecule has 1 saturated heterocycles. The number of nitrogens with one attached hydrogen (secondary N) is 1. The summed E-state index contributed by atoms with van der Waals surface area (Å²) in [7, 11) is -5.16. The highest BCUT2D eigenvalue weighted by molar-refractivity contribution is 7.89. The summed E-state index contributed by atoms with van der Waals surface area (Å²) < 4.78 is 67.7. The third-order valence-corrected chi connectivity index (χ3v) is 8.91. The molecule has 0 saturated carbocycles. The predicted octanol–water partition coefficient (Wildman–Crippen LogP) is 2.23. The molecule has 13 nitrogen and oxygen atoms in total. The fourth-order valence-corrected chi connectivity index (χ4v) is 6.65. The Morgan fingerprint density at radius 3 is 2.11 bits per heavy atom. The standard InChI is InChI=1S/C29H39N3O10S2/c1-19-8-14-23(15-9-19)44(38,39)32-18-22(42-43(7,36)37)17-25(32)26(33)30-24(27(34)41-29(2,3)4)16-20-10-12-21(13-11-20)40-28(35)31(5)6/h8-15,22,24-25H,16-18H2,1-7H3,(H,30,33)/t22?,24-,25-/m0/s1. The first-order valence-electron chi connectivity index (χ1n) is 13.7. The highest BCUT2D eigenvalue weighted by atomic mass is 32.2. The summed E-state index contributed by atoms with van der Waals surface area (Å²) in [5.41, 5.74) is 0.508. The maximum atomic E-state index is 13.7. The summed E-state index contributed by atoms with van der Waals surface area (Å²) in [6.07, 6.45) is -1.17. The van der Waals surface area contributed by atoms with E-state index in [0.29, 0.717) is 5.56 Å². The quantitative estimate of drug-likeness (QED) is 0.297. The summed E-state index contributed by atoms with van der Waals surface area (Å²) in [6, 6.07) is 9.67. The van der Waals surface area contributed by atoms with Crippen molar-refractivity contribution in [3.63, 3.8) is 0 Å². The highest BCUT2D eigenvalue weighted by Gasteiger charge is 2.46. The molecule has 2 aromatic carbocycles. The van der Waals surface area contributed by atoms with Gasteiger partial charge in [0.05, 0.1) is 17.3 Å². The highest BCUT2D eigenvalue weighted by Crippen LogP contribution is 2.29. The minimum Gasteiger partial charge on any atom is -0.458 e. The Kier molecular flexibility index (Phi) is 10.8. The van der Waals surface area contributed by atoms with Gasteiger partial charge < -0.3 is 19.7 Å². The molecule has 0 bridgehead atoms. The number of esters is 1. The van der Waals surface area contributed by atoms with Crippen molar-refractivity contribution in [1.29, 1.82) is 0 Å². The van der Waals surface area contributed by atoms with E-state index in [1.165, 1.54) is 43.3 Å². The normalized spacial score (nSPS) is 18.3. The van der Waals surface area contributed by atoms with E-state index < -0.39 is 68.4 Å². The molecule has 242 valence electrons. The molecule has 3 atom stereocenters. The van der Waals surface area contributed by atoms with Gasteiger partial charge in [-0.25, -0.2) is 18.0 Å². The maximum Gasteiger partial charge on any atom is 0.414 e. The van der Waals surface area contributed by atoms with E-state index in [0.717, 1.165) is 16.1 Å². The number of carbonyl (C=O) groups is 3. The third kappa shape index (κ3) is 9.74. The van der Waals surface area contributed by atoms with Crippen LogP contribution >= 0.6 is 0 Å².